The minimum absolute atomic E-state index is 0.180. The Morgan fingerprint density at radius 2 is 2.18 bits per heavy atom. The van der Waals surface area contributed by atoms with Crippen LogP contribution >= 0.6 is 27.7 Å². The molecule has 0 aliphatic heterocycles. The van der Waals surface area contributed by atoms with Crippen molar-refractivity contribution in [3.63, 3.8) is 0 Å². The normalized spacial score (nSPS) is 11.3. The average Bonchev–Trinajstić information content (AvgIpc) is 2.26. The molecule has 0 heterocycles. The van der Waals surface area contributed by atoms with Crippen LogP contribution in [0.3, 0.4) is 0 Å². The molecule has 0 aliphatic carbocycles. The molecule has 0 atom stereocenters. The number of nitrogens with one attached hydrogen (secondary N) is 1. The minimum atomic E-state index is -0.529. The van der Waals surface area contributed by atoms with Crippen molar-refractivity contribution in [2.45, 2.75) is 18.7 Å². The van der Waals surface area contributed by atoms with Crippen molar-refractivity contribution in [2.24, 2.45) is 11.3 Å². The zero-order valence-electron chi connectivity index (χ0n) is 9.79. The van der Waals surface area contributed by atoms with Crippen molar-refractivity contribution in [3.05, 3.63) is 22.7 Å². The number of amides is 1. The third kappa shape index (κ3) is 3.90. The van der Waals surface area contributed by atoms with E-state index in [0.29, 0.717) is 11.4 Å². The maximum Gasteiger partial charge on any atom is 0.240 e. The van der Waals surface area contributed by atoms with E-state index in [-0.39, 0.29) is 5.91 Å². The van der Waals surface area contributed by atoms with Gasteiger partial charge in [-0.3, -0.25) is 10.2 Å². The molecule has 1 rings (SSSR count). The fourth-order valence-electron chi connectivity index (χ4n) is 1.17. The van der Waals surface area contributed by atoms with Gasteiger partial charge < -0.3 is 5.73 Å². The second-order valence-electron chi connectivity index (χ2n) is 4.33. The summed E-state index contributed by atoms with van der Waals surface area (Å²) in [5.41, 5.74) is 8.23. The third-order valence-corrected chi connectivity index (χ3v) is 4.35. The van der Waals surface area contributed by atoms with E-state index in [1.807, 2.05) is 32.0 Å². The Labute approximate surface area is 114 Å². The molecule has 4 nitrogen and oxygen atoms in total. The lowest BCUT2D eigenvalue weighted by Gasteiger charge is -2.21. The zero-order chi connectivity index (χ0) is 13.1. The van der Waals surface area contributed by atoms with E-state index < -0.39 is 5.41 Å². The van der Waals surface area contributed by atoms with Crippen LogP contribution < -0.4 is 17.0 Å². The number of benzene rings is 1. The Kier molecular flexibility index (Phi) is 4.85. The van der Waals surface area contributed by atoms with Gasteiger partial charge in [0, 0.05) is 20.8 Å². The molecule has 1 aromatic rings. The first-order valence-electron chi connectivity index (χ1n) is 5.05. The van der Waals surface area contributed by atoms with Crippen molar-refractivity contribution in [2.75, 3.05) is 11.5 Å². The number of anilines is 1. The number of nitrogens with two attached hydrogens (primary N) is 2. The fourth-order valence-corrected chi connectivity index (χ4v) is 2.59. The highest BCUT2D eigenvalue weighted by molar-refractivity contribution is 9.10. The first-order chi connectivity index (χ1) is 7.86. The summed E-state index contributed by atoms with van der Waals surface area (Å²) in [6.07, 6.45) is 0. The lowest BCUT2D eigenvalue weighted by atomic mass is 9.96. The molecule has 5 N–H and O–H groups in total. The van der Waals surface area contributed by atoms with E-state index >= 15 is 0 Å². The number of hydrazine groups is 1. The summed E-state index contributed by atoms with van der Waals surface area (Å²) in [7, 11) is 0. The lowest BCUT2D eigenvalue weighted by molar-refractivity contribution is -0.128. The van der Waals surface area contributed by atoms with Crippen LogP contribution in [-0.2, 0) is 4.79 Å². The quantitative estimate of drug-likeness (QED) is 0.261. The van der Waals surface area contributed by atoms with Gasteiger partial charge in [-0.15, -0.1) is 11.8 Å². The summed E-state index contributed by atoms with van der Waals surface area (Å²) in [6.45, 7) is 3.69. The molecule has 94 valence electrons. The Hall–Kier alpha value is -0.720. The first-order valence-corrected chi connectivity index (χ1v) is 6.83. The maximum absolute atomic E-state index is 11.5. The number of hydrogen-bond donors (Lipinski definition) is 3. The number of halogens is 1. The molecule has 0 unspecified atom stereocenters. The standard InChI is InChI=1S/C11H16BrN3OS/c1-11(2,10(16)15-14)6-17-9-4-3-7(12)5-8(9)13/h3-5H,6,13-14H2,1-2H3,(H,15,16). The van der Waals surface area contributed by atoms with Crippen LogP contribution in [-0.4, -0.2) is 11.7 Å². The van der Waals surface area contributed by atoms with Gasteiger partial charge in [-0.25, -0.2) is 5.84 Å². The molecule has 1 amide bonds. The van der Waals surface area contributed by atoms with Gasteiger partial charge in [-0.2, -0.15) is 0 Å². The van der Waals surface area contributed by atoms with Crippen LogP contribution in [0.1, 0.15) is 13.8 Å². The first kappa shape index (κ1) is 14.3. The second kappa shape index (κ2) is 5.75. The third-order valence-electron chi connectivity index (χ3n) is 2.31. The second-order valence-corrected chi connectivity index (χ2v) is 6.26. The molecular weight excluding hydrogens is 302 g/mol. The molecule has 1 aromatic carbocycles. The summed E-state index contributed by atoms with van der Waals surface area (Å²) < 4.78 is 0.943. The zero-order valence-corrected chi connectivity index (χ0v) is 12.2. The molecule has 0 radical (unpaired) electrons. The summed E-state index contributed by atoms with van der Waals surface area (Å²) in [4.78, 5) is 12.5. The molecule has 0 saturated heterocycles. The van der Waals surface area contributed by atoms with Gasteiger partial charge >= 0.3 is 0 Å². The van der Waals surface area contributed by atoms with E-state index in [0.717, 1.165) is 9.37 Å². The average molecular weight is 318 g/mol. The van der Waals surface area contributed by atoms with E-state index in [2.05, 4.69) is 21.4 Å². The maximum atomic E-state index is 11.5. The van der Waals surface area contributed by atoms with Gasteiger partial charge in [0.05, 0.1) is 5.41 Å². The summed E-state index contributed by atoms with van der Waals surface area (Å²) >= 11 is 4.90. The van der Waals surface area contributed by atoms with Crippen LogP contribution in [0, 0.1) is 5.41 Å². The Morgan fingerprint density at radius 1 is 1.53 bits per heavy atom. The van der Waals surface area contributed by atoms with Gasteiger partial charge in [0.25, 0.3) is 0 Å². The number of nitrogen functional groups attached to an aromatic ring is 1. The van der Waals surface area contributed by atoms with Crippen molar-refractivity contribution < 1.29 is 4.79 Å². The highest BCUT2D eigenvalue weighted by atomic mass is 79.9. The predicted octanol–water partition coefficient (Wildman–Crippen LogP) is 2.14. The van der Waals surface area contributed by atoms with Crippen LogP contribution in [0.5, 0.6) is 0 Å². The summed E-state index contributed by atoms with van der Waals surface area (Å²) in [5, 5.41) is 0. The largest absolute Gasteiger partial charge is 0.398 e. The van der Waals surface area contributed by atoms with E-state index in [1.54, 1.807) is 11.8 Å². The monoisotopic (exact) mass is 317 g/mol. The molecular formula is C11H16BrN3OS. The van der Waals surface area contributed by atoms with Gasteiger partial charge in [0.1, 0.15) is 0 Å². The van der Waals surface area contributed by atoms with Crippen molar-refractivity contribution in [3.8, 4) is 0 Å². The smallest absolute Gasteiger partial charge is 0.240 e. The molecule has 0 aromatic heterocycles. The number of carbonyl (C=O) groups excluding carboxylic acids is 1. The number of hydrogen-bond acceptors (Lipinski definition) is 4. The topological polar surface area (TPSA) is 81.1 Å². The highest BCUT2D eigenvalue weighted by Gasteiger charge is 2.27. The summed E-state index contributed by atoms with van der Waals surface area (Å²) in [5.74, 6) is 5.57. The van der Waals surface area contributed by atoms with E-state index in [1.165, 1.54) is 0 Å². The highest BCUT2D eigenvalue weighted by Crippen LogP contribution is 2.32. The Bertz CT molecular complexity index is 423. The molecule has 6 heteroatoms. The molecule has 0 fully saturated rings. The predicted molar refractivity (Wildman–Crippen MR) is 75.4 cm³/mol. The molecule has 0 aliphatic rings. The van der Waals surface area contributed by atoms with Crippen molar-refractivity contribution in [1.29, 1.82) is 0 Å². The molecule has 17 heavy (non-hydrogen) atoms. The van der Waals surface area contributed by atoms with Crippen LogP contribution in [0.2, 0.25) is 0 Å². The van der Waals surface area contributed by atoms with Crippen LogP contribution in [0.25, 0.3) is 0 Å². The Morgan fingerprint density at radius 3 is 2.71 bits per heavy atom. The Balaban J connectivity index is 2.70. The van der Waals surface area contributed by atoms with Gasteiger partial charge in [-0.1, -0.05) is 29.8 Å². The fraction of sp³-hybridized carbons (Fsp3) is 0.364. The number of rotatable bonds is 4. The number of carbonyl (C=O) groups is 1. The van der Waals surface area contributed by atoms with Gasteiger partial charge in [0.2, 0.25) is 5.91 Å². The van der Waals surface area contributed by atoms with Gasteiger partial charge in [-0.05, 0) is 18.2 Å². The lowest BCUT2D eigenvalue weighted by Crippen LogP contribution is -2.42. The summed E-state index contributed by atoms with van der Waals surface area (Å²) in [6, 6.07) is 5.70. The molecule has 0 spiro atoms. The van der Waals surface area contributed by atoms with E-state index in [4.69, 9.17) is 11.6 Å². The number of thioether (sulfide) groups is 1. The molecule has 0 bridgehead atoms. The van der Waals surface area contributed by atoms with Gasteiger partial charge in [0.15, 0.2) is 0 Å². The van der Waals surface area contributed by atoms with Crippen LogP contribution in [0.4, 0.5) is 5.69 Å². The molecule has 0 saturated carbocycles. The SMILES string of the molecule is CC(C)(CSc1ccc(Br)cc1N)C(=O)NN. The van der Waals surface area contributed by atoms with Crippen LogP contribution in [0.15, 0.2) is 27.6 Å². The van der Waals surface area contributed by atoms with Crippen molar-refractivity contribution >= 4 is 39.3 Å². The van der Waals surface area contributed by atoms with E-state index in [9.17, 15) is 4.79 Å². The van der Waals surface area contributed by atoms with Crippen molar-refractivity contribution in [1.82, 2.24) is 5.43 Å². The minimum Gasteiger partial charge on any atom is -0.398 e.